The summed E-state index contributed by atoms with van der Waals surface area (Å²) >= 11 is 3.38. The van der Waals surface area contributed by atoms with Crippen LogP contribution in [0.15, 0.2) is 22.7 Å². The molecule has 18 heavy (non-hydrogen) atoms. The summed E-state index contributed by atoms with van der Waals surface area (Å²) in [4.78, 5) is 2.46. The highest BCUT2D eigenvalue weighted by molar-refractivity contribution is 9.10. The SMILES string of the molecule is CC(NCCN1CCCC1)c1cc(Br)ccc1F. The molecule has 4 heteroatoms. The maximum absolute atomic E-state index is 13.7. The molecule has 1 saturated heterocycles. The summed E-state index contributed by atoms with van der Waals surface area (Å²) < 4.78 is 14.6. The molecule has 1 aromatic carbocycles. The number of benzene rings is 1. The Bertz CT molecular complexity index is 391. The number of hydrogen-bond donors (Lipinski definition) is 1. The fourth-order valence-electron chi connectivity index (χ4n) is 2.40. The molecule has 0 bridgehead atoms. The molecule has 1 atom stereocenters. The van der Waals surface area contributed by atoms with E-state index in [0.29, 0.717) is 0 Å². The Morgan fingerprint density at radius 2 is 2.11 bits per heavy atom. The van der Waals surface area contributed by atoms with Gasteiger partial charge in [-0.25, -0.2) is 4.39 Å². The molecule has 1 N–H and O–H groups in total. The van der Waals surface area contributed by atoms with Crippen LogP contribution in [0.5, 0.6) is 0 Å². The van der Waals surface area contributed by atoms with Gasteiger partial charge >= 0.3 is 0 Å². The number of likely N-dealkylation sites (tertiary alicyclic amines) is 1. The predicted molar refractivity (Wildman–Crippen MR) is 76.2 cm³/mol. The molecule has 2 nitrogen and oxygen atoms in total. The van der Waals surface area contributed by atoms with Crippen molar-refractivity contribution in [3.05, 3.63) is 34.1 Å². The largest absolute Gasteiger partial charge is 0.309 e. The lowest BCUT2D eigenvalue weighted by Crippen LogP contribution is -2.31. The molecule has 2 rings (SSSR count). The van der Waals surface area contributed by atoms with E-state index in [1.165, 1.54) is 32.0 Å². The summed E-state index contributed by atoms with van der Waals surface area (Å²) in [7, 11) is 0. The first-order valence-corrected chi connectivity index (χ1v) is 7.37. The Hall–Kier alpha value is -0.450. The number of rotatable bonds is 5. The van der Waals surface area contributed by atoms with E-state index in [-0.39, 0.29) is 11.9 Å². The summed E-state index contributed by atoms with van der Waals surface area (Å²) in [5, 5.41) is 3.39. The van der Waals surface area contributed by atoms with Crippen molar-refractivity contribution < 1.29 is 4.39 Å². The lowest BCUT2D eigenvalue weighted by atomic mass is 10.1. The van der Waals surface area contributed by atoms with Gasteiger partial charge in [0.2, 0.25) is 0 Å². The lowest BCUT2D eigenvalue weighted by molar-refractivity contribution is 0.329. The number of halogens is 2. The van der Waals surface area contributed by atoms with Crippen LogP contribution in [0.25, 0.3) is 0 Å². The van der Waals surface area contributed by atoms with Crippen molar-refractivity contribution >= 4 is 15.9 Å². The van der Waals surface area contributed by atoms with E-state index in [1.807, 2.05) is 13.0 Å². The van der Waals surface area contributed by atoms with Gasteiger partial charge in [-0.3, -0.25) is 0 Å². The summed E-state index contributed by atoms with van der Waals surface area (Å²) in [5.41, 5.74) is 0.728. The highest BCUT2D eigenvalue weighted by Crippen LogP contribution is 2.21. The molecule has 0 aromatic heterocycles. The summed E-state index contributed by atoms with van der Waals surface area (Å²) in [5.74, 6) is -0.139. The van der Waals surface area contributed by atoms with Gasteiger partial charge in [0, 0.05) is 29.2 Å². The van der Waals surface area contributed by atoms with Crippen LogP contribution >= 0.6 is 15.9 Å². The average Bonchev–Trinajstić information content (AvgIpc) is 2.85. The Labute approximate surface area is 117 Å². The minimum atomic E-state index is -0.139. The molecule has 0 saturated carbocycles. The van der Waals surface area contributed by atoms with Crippen molar-refractivity contribution in [2.45, 2.75) is 25.8 Å². The molecule has 1 unspecified atom stereocenters. The van der Waals surface area contributed by atoms with E-state index < -0.39 is 0 Å². The molecule has 1 fully saturated rings. The third-order valence-electron chi connectivity index (χ3n) is 3.50. The van der Waals surface area contributed by atoms with E-state index in [0.717, 1.165) is 23.1 Å². The molecular weight excluding hydrogens is 295 g/mol. The van der Waals surface area contributed by atoms with Gasteiger partial charge in [-0.2, -0.15) is 0 Å². The second-order valence-corrected chi connectivity index (χ2v) is 5.81. The average molecular weight is 315 g/mol. The summed E-state index contributed by atoms with van der Waals surface area (Å²) in [6, 6.07) is 5.14. The third-order valence-corrected chi connectivity index (χ3v) is 4.00. The zero-order valence-corrected chi connectivity index (χ0v) is 12.3. The lowest BCUT2D eigenvalue weighted by Gasteiger charge is -2.19. The van der Waals surface area contributed by atoms with E-state index in [9.17, 15) is 4.39 Å². The van der Waals surface area contributed by atoms with Crippen LogP contribution in [0.3, 0.4) is 0 Å². The van der Waals surface area contributed by atoms with Crippen LogP contribution in [-0.2, 0) is 0 Å². The zero-order valence-electron chi connectivity index (χ0n) is 10.8. The molecular formula is C14H20BrFN2. The van der Waals surface area contributed by atoms with E-state index >= 15 is 0 Å². The summed E-state index contributed by atoms with van der Waals surface area (Å²) in [6.07, 6.45) is 2.63. The molecule has 100 valence electrons. The van der Waals surface area contributed by atoms with Gasteiger partial charge in [-0.05, 0) is 51.1 Å². The summed E-state index contributed by atoms with van der Waals surface area (Å²) in [6.45, 7) is 6.39. The quantitative estimate of drug-likeness (QED) is 0.896. The van der Waals surface area contributed by atoms with Crippen molar-refractivity contribution in [1.29, 1.82) is 0 Å². The Morgan fingerprint density at radius 3 is 2.83 bits per heavy atom. The van der Waals surface area contributed by atoms with Crippen LogP contribution in [-0.4, -0.2) is 31.1 Å². The van der Waals surface area contributed by atoms with Gasteiger partial charge in [0.05, 0.1) is 0 Å². The normalized spacial score (nSPS) is 18.2. The van der Waals surface area contributed by atoms with Crippen molar-refractivity contribution in [3.63, 3.8) is 0 Å². The minimum absolute atomic E-state index is 0.0464. The minimum Gasteiger partial charge on any atom is -0.309 e. The van der Waals surface area contributed by atoms with Gasteiger partial charge in [0.1, 0.15) is 5.82 Å². The number of nitrogens with one attached hydrogen (secondary N) is 1. The van der Waals surface area contributed by atoms with Crippen LogP contribution in [0.1, 0.15) is 31.4 Å². The van der Waals surface area contributed by atoms with Crippen LogP contribution in [0, 0.1) is 5.82 Å². The Kier molecular flexibility index (Phi) is 5.15. The van der Waals surface area contributed by atoms with Gasteiger partial charge in [-0.15, -0.1) is 0 Å². The molecule has 0 aliphatic carbocycles. The fourth-order valence-corrected chi connectivity index (χ4v) is 2.78. The van der Waals surface area contributed by atoms with Crippen LogP contribution in [0.4, 0.5) is 4.39 Å². The fraction of sp³-hybridized carbons (Fsp3) is 0.571. The van der Waals surface area contributed by atoms with Crippen molar-refractivity contribution in [2.75, 3.05) is 26.2 Å². The monoisotopic (exact) mass is 314 g/mol. The molecule has 1 aromatic rings. The van der Waals surface area contributed by atoms with E-state index in [4.69, 9.17) is 0 Å². The van der Waals surface area contributed by atoms with Crippen molar-refractivity contribution in [3.8, 4) is 0 Å². The molecule has 0 amide bonds. The highest BCUT2D eigenvalue weighted by Gasteiger charge is 2.13. The van der Waals surface area contributed by atoms with Gasteiger partial charge in [0.25, 0.3) is 0 Å². The van der Waals surface area contributed by atoms with E-state index in [2.05, 4.69) is 26.1 Å². The van der Waals surface area contributed by atoms with Crippen molar-refractivity contribution in [2.24, 2.45) is 0 Å². The topological polar surface area (TPSA) is 15.3 Å². The zero-order chi connectivity index (χ0) is 13.0. The van der Waals surface area contributed by atoms with Crippen LogP contribution < -0.4 is 5.32 Å². The first-order valence-electron chi connectivity index (χ1n) is 6.57. The van der Waals surface area contributed by atoms with E-state index in [1.54, 1.807) is 6.07 Å². The standard InChI is InChI=1S/C14H20BrFN2/c1-11(13-10-12(15)4-5-14(13)16)17-6-9-18-7-2-3-8-18/h4-5,10-11,17H,2-3,6-9H2,1H3. The smallest absolute Gasteiger partial charge is 0.128 e. The highest BCUT2D eigenvalue weighted by atomic mass is 79.9. The maximum Gasteiger partial charge on any atom is 0.128 e. The molecule has 0 spiro atoms. The van der Waals surface area contributed by atoms with Crippen LogP contribution in [0.2, 0.25) is 0 Å². The number of nitrogens with zero attached hydrogens (tertiary/aromatic N) is 1. The Balaban J connectivity index is 1.83. The van der Waals surface area contributed by atoms with Gasteiger partial charge in [-0.1, -0.05) is 15.9 Å². The first kappa shape index (κ1) is 14.0. The molecule has 1 aliphatic heterocycles. The second kappa shape index (κ2) is 6.64. The van der Waals surface area contributed by atoms with Crippen molar-refractivity contribution in [1.82, 2.24) is 10.2 Å². The second-order valence-electron chi connectivity index (χ2n) is 4.89. The molecule has 1 heterocycles. The predicted octanol–water partition coefficient (Wildman–Crippen LogP) is 3.33. The Morgan fingerprint density at radius 1 is 1.39 bits per heavy atom. The van der Waals surface area contributed by atoms with Gasteiger partial charge < -0.3 is 10.2 Å². The first-order chi connectivity index (χ1) is 8.66. The third kappa shape index (κ3) is 3.77. The van der Waals surface area contributed by atoms with Gasteiger partial charge in [0.15, 0.2) is 0 Å². The maximum atomic E-state index is 13.7. The number of hydrogen-bond acceptors (Lipinski definition) is 2. The molecule has 1 aliphatic rings. The molecule has 0 radical (unpaired) electrons.